The number of hydrogen-bond acceptors (Lipinski definition) is 13. The van der Waals surface area contributed by atoms with Gasteiger partial charge in [0.2, 0.25) is 11.9 Å². The number of nitrogens with zero attached hydrogens (tertiary/aromatic N) is 4. The maximum Gasteiger partial charge on any atom is 0.459 e. The van der Waals surface area contributed by atoms with Crippen LogP contribution < -0.4 is 15.3 Å². The average Bonchev–Trinajstić information content (AvgIpc) is 3.40. The molecule has 3 aliphatic rings. The maximum absolute atomic E-state index is 16.0. The molecule has 0 aliphatic carbocycles. The van der Waals surface area contributed by atoms with E-state index in [1.165, 1.54) is 25.3 Å². The van der Waals surface area contributed by atoms with Gasteiger partial charge in [0, 0.05) is 0 Å². The van der Waals surface area contributed by atoms with Crippen LogP contribution in [0.25, 0.3) is 0 Å². The van der Waals surface area contributed by atoms with Gasteiger partial charge < -0.3 is 34.5 Å². The molecular formula is C24H34FN6O8P. The van der Waals surface area contributed by atoms with Gasteiger partial charge in [0.25, 0.3) is 0 Å². The lowest BCUT2D eigenvalue weighted by molar-refractivity contribution is -0.149. The Kier molecular flexibility index (Phi) is 8.80. The number of rotatable bonds is 10. The van der Waals surface area contributed by atoms with Gasteiger partial charge in [0.1, 0.15) is 24.0 Å². The zero-order valence-electron chi connectivity index (χ0n) is 22.7. The number of aliphatic imine (C=N–C) groups is 3. The summed E-state index contributed by atoms with van der Waals surface area (Å²) >= 11 is 0. The van der Waals surface area contributed by atoms with E-state index in [0.717, 1.165) is 6.92 Å². The highest BCUT2D eigenvalue weighted by atomic mass is 31.2. The lowest BCUT2D eigenvalue weighted by Crippen LogP contribution is -2.54. The Morgan fingerprint density at radius 3 is 2.67 bits per heavy atom. The van der Waals surface area contributed by atoms with E-state index in [0.29, 0.717) is 0 Å². The van der Waals surface area contributed by atoms with Gasteiger partial charge in [0.15, 0.2) is 24.1 Å². The number of ether oxygens (including phenoxy) is 3. The summed E-state index contributed by atoms with van der Waals surface area (Å²) in [6.45, 7) is 5.38. The molecule has 16 heteroatoms. The molecule has 4 N–H and O–H groups in total. The Morgan fingerprint density at radius 1 is 1.32 bits per heavy atom. The van der Waals surface area contributed by atoms with Crippen LogP contribution in [0, 0.1) is 0 Å². The van der Waals surface area contributed by atoms with E-state index in [9.17, 15) is 14.5 Å². The van der Waals surface area contributed by atoms with Crippen LogP contribution in [0.5, 0.6) is 5.75 Å². The maximum atomic E-state index is 16.0. The number of halogens is 1. The molecule has 40 heavy (non-hydrogen) atoms. The normalized spacial score (nSPS) is 31.7. The van der Waals surface area contributed by atoms with Crippen LogP contribution in [-0.2, 0) is 28.1 Å². The first-order valence-electron chi connectivity index (χ1n) is 12.6. The summed E-state index contributed by atoms with van der Waals surface area (Å²) in [5, 5.41) is 13.4. The molecule has 0 radical (unpaired) electrons. The molecule has 3 unspecified atom stereocenters. The minimum Gasteiger partial charge on any atom is -0.482 e. The topological polar surface area (TPSA) is 179 Å². The number of methoxy groups -OCH3 is 1. The van der Waals surface area contributed by atoms with Crippen molar-refractivity contribution in [2.75, 3.05) is 13.7 Å². The Balaban J connectivity index is 1.50. The van der Waals surface area contributed by atoms with Crippen molar-refractivity contribution in [3.63, 3.8) is 0 Å². The number of fused-ring (bicyclic) bond motifs is 1. The van der Waals surface area contributed by atoms with Gasteiger partial charge in [-0.25, -0.2) is 13.9 Å². The Labute approximate surface area is 231 Å². The van der Waals surface area contributed by atoms with E-state index >= 15 is 4.39 Å². The smallest absolute Gasteiger partial charge is 0.459 e. The Hall–Kier alpha value is -3.10. The quantitative estimate of drug-likeness (QED) is 0.267. The van der Waals surface area contributed by atoms with Gasteiger partial charge in [-0.1, -0.05) is 18.2 Å². The largest absolute Gasteiger partial charge is 0.482 e. The number of esters is 1. The molecule has 1 aromatic carbocycles. The molecule has 1 aromatic rings. The van der Waals surface area contributed by atoms with Crippen LogP contribution in [0.2, 0.25) is 0 Å². The van der Waals surface area contributed by atoms with Gasteiger partial charge in [-0.2, -0.15) is 10.1 Å². The van der Waals surface area contributed by atoms with Crippen LogP contribution in [0.1, 0.15) is 27.7 Å². The van der Waals surface area contributed by atoms with Gasteiger partial charge in [-0.05, 0) is 39.8 Å². The van der Waals surface area contributed by atoms with E-state index in [4.69, 9.17) is 29.0 Å². The van der Waals surface area contributed by atoms with Crippen molar-refractivity contribution in [2.24, 2.45) is 20.7 Å². The molecule has 14 nitrogen and oxygen atoms in total. The molecule has 1 fully saturated rings. The second-order valence-corrected chi connectivity index (χ2v) is 11.6. The average molecular weight is 585 g/mol. The number of nitrogens with two attached hydrogens (primary N) is 1. The summed E-state index contributed by atoms with van der Waals surface area (Å²) in [6.07, 6.45) is -4.26. The Morgan fingerprint density at radius 2 is 2.02 bits per heavy atom. The Bertz CT molecular complexity index is 1220. The molecule has 220 valence electrons. The summed E-state index contributed by atoms with van der Waals surface area (Å²) in [4.78, 5) is 26.3. The molecule has 0 saturated carbocycles. The molecule has 0 amide bonds. The molecule has 1 saturated heterocycles. The minimum absolute atomic E-state index is 0.0808. The SMILES string of the molecule is COC1=NC(N)=NC2C1N=CN2[C@@H]1O[C@H](COP(=O)(N[C@@H](C)C(=O)OC(C)C)Oc2ccccc2)[C@@H](O)[C@@]1(C)F. The van der Waals surface area contributed by atoms with Gasteiger partial charge in [-0.15, -0.1) is 0 Å². The fourth-order valence-electron chi connectivity index (χ4n) is 4.38. The molecule has 0 aromatic heterocycles. The molecule has 3 aliphatic heterocycles. The zero-order chi connectivity index (χ0) is 29.2. The third kappa shape index (κ3) is 6.28. The summed E-state index contributed by atoms with van der Waals surface area (Å²) < 4.78 is 57.2. The van der Waals surface area contributed by atoms with E-state index in [1.807, 2.05) is 0 Å². The first-order chi connectivity index (χ1) is 18.8. The highest BCUT2D eigenvalue weighted by Crippen LogP contribution is 2.47. The standard InChI is InChI=1S/C24H34FN6O8P/c1-13(2)37-21(33)14(3)30-40(34,39-15-9-7-6-8-10-15)36-11-16-18(32)24(4,25)22(38-16)31-12-27-17-19(31)28-23(26)29-20(17)35-5/h6-10,12-14,16-19,22,32H,11H2,1-5H3,(H2,26,28)(H,30,34)/t14-,16+,17?,18+,19?,22+,24+,40?/m0/s1. The summed E-state index contributed by atoms with van der Waals surface area (Å²) in [6, 6.07) is 6.36. The third-order valence-corrected chi connectivity index (χ3v) is 7.97. The molecule has 3 heterocycles. The molecule has 8 atom stereocenters. The summed E-state index contributed by atoms with van der Waals surface area (Å²) in [5.41, 5.74) is 3.46. The molecular weight excluding hydrogens is 550 g/mol. The molecule has 0 spiro atoms. The van der Waals surface area contributed by atoms with Crippen molar-refractivity contribution in [1.82, 2.24) is 9.99 Å². The highest BCUT2D eigenvalue weighted by molar-refractivity contribution is 7.52. The summed E-state index contributed by atoms with van der Waals surface area (Å²) in [5.74, 6) is -0.377. The fraction of sp³-hybridized carbons (Fsp3) is 0.583. The second-order valence-electron chi connectivity index (χ2n) is 9.87. The fourth-order valence-corrected chi connectivity index (χ4v) is 5.88. The lowest BCUT2D eigenvalue weighted by atomic mass is 9.97. The zero-order valence-corrected chi connectivity index (χ0v) is 23.6. The number of benzene rings is 1. The monoisotopic (exact) mass is 584 g/mol. The van der Waals surface area contributed by atoms with Crippen LogP contribution in [-0.4, -0.2) is 96.3 Å². The van der Waals surface area contributed by atoms with Crippen molar-refractivity contribution >= 4 is 31.9 Å². The number of carbonyl (C=O) groups is 1. The van der Waals surface area contributed by atoms with Crippen LogP contribution in [0.4, 0.5) is 4.39 Å². The van der Waals surface area contributed by atoms with Crippen LogP contribution in [0.3, 0.4) is 0 Å². The number of para-hydroxylation sites is 1. The third-order valence-electron chi connectivity index (χ3n) is 6.32. The van der Waals surface area contributed by atoms with Crippen molar-refractivity contribution in [3.8, 4) is 5.75 Å². The number of aliphatic hydroxyl groups excluding tert-OH is 1. The van der Waals surface area contributed by atoms with Crippen LogP contribution in [0.15, 0.2) is 45.3 Å². The van der Waals surface area contributed by atoms with Gasteiger partial charge in [0.05, 0.1) is 26.2 Å². The predicted octanol–water partition coefficient (Wildman–Crippen LogP) is 1.35. The van der Waals surface area contributed by atoms with E-state index in [2.05, 4.69) is 20.1 Å². The van der Waals surface area contributed by atoms with Crippen molar-refractivity contribution in [1.29, 1.82) is 0 Å². The van der Waals surface area contributed by atoms with E-state index < -0.39 is 68.8 Å². The number of aliphatic hydroxyl groups is 1. The number of hydrogen-bond donors (Lipinski definition) is 3. The summed E-state index contributed by atoms with van der Waals surface area (Å²) in [7, 11) is -2.87. The minimum atomic E-state index is -4.28. The van der Waals surface area contributed by atoms with E-state index in [1.54, 1.807) is 44.2 Å². The number of carbonyl (C=O) groups excluding carboxylic acids is 1. The van der Waals surface area contributed by atoms with Gasteiger partial charge in [-0.3, -0.25) is 14.3 Å². The van der Waals surface area contributed by atoms with Crippen molar-refractivity contribution < 1.29 is 42.1 Å². The first-order valence-corrected chi connectivity index (χ1v) is 14.2. The predicted molar refractivity (Wildman–Crippen MR) is 143 cm³/mol. The number of guanidine groups is 1. The number of nitrogens with one attached hydrogen (secondary N) is 1. The highest BCUT2D eigenvalue weighted by Gasteiger charge is 2.59. The van der Waals surface area contributed by atoms with Crippen molar-refractivity contribution in [3.05, 3.63) is 30.3 Å². The molecule has 4 rings (SSSR count). The lowest BCUT2D eigenvalue weighted by Gasteiger charge is -2.35. The van der Waals surface area contributed by atoms with E-state index in [-0.39, 0.29) is 17.6 Å². The van der Waals surface area contributed by atoms with Crippen LogP contribution >= 0.6 is 7.75 Å². The first kappa shape index (κ1) is 29.9. The van der Waals surface area contributed by atoms with Crippen molar-refractivity contribution in [2.45, 2.75) is 76.2 Å². The molecule has 0 bridgehead atoms. The number of alkyl halides is 1. The van der Waals surface area contributed by atoms with Gasteiger partial charge >= 0.3 is 13.7 Å². The second kappa shape index (κ2) is 11.8.